The first-order valence-electron chi connectivity index (χ1n) is 10.4. The lowest BCUT2D eigenvalue weighted by molar-refractivity contribution is -0.384. The van der Waals surface area contributed by atoms with E-state index in [4.69, 9.17) is 9.47 Å². The molecule has 3 rings (SSSR count). The van der Waals surface area contributed by atoms with Crippen molar-refractivity contribution in [2.45, 2.75) is 26.7 Å². The van der Waals surface area contributed by atoms with Crippen LogP contribution in [-0.4, -0.2) is 36.0 Å². The van der Waals surface area contributed by atoms with Crippen LogP contribution in [0.1, 0.15) is 32.3 Å². The van der Waals surface area contributed by atoms with Crippen LogP contribution < -0.4 is 19.7 Å². The molecule has 0 aliphatic carbocycles. The molecule has 1 heterocycles. The number of nitrogens with one attached hydrogen (secondary N) is 1. The minimum atomic E-state index is -0.939. The molecule has 0 atom stereocenters. The predicted molar refractivity (Wildman–Crippen MR) is 120 cm³/mol. The maximum Gasteiger partial charge on any atom is 0.335 e. The van der Waals surface area contributed by atoms with Gasteiger partial charge in [-0.25, -0.2) is 9.69 Å². The fraction of sp³-hybridized carbons (Fsp3) is 0.261. The van der Waals surface area contributed by atoms with Crippen LogP contribution in [0.25, 0.3) is 6.08 Å². The van der Waals surface area contributed by atoms with Gasteiger partial charge in [-0.15, -0.1) is 0 Å². The van der Waals surface area contributed by atoms with Gasteiger partial charge in [-0.3, -0.25) is 25.0 Å². The van der Waals surface area contributed by atoms with Crippen LogP contribution in [0.2, 0.25) is 0 Å². The van der Waals surface area contributed by atoms with Gasteiger partial charge < -0.3 is 9.47 Å². The molecule has 0 radical (unpaired) electrons. The number of hydrogen-bond acceptors (Lipinski definition) is 7. The van der Waals surface area contributed by atoms with Gasteiger partial charge >= 0.3 is 6.03 Å². The summed E-state index contributed by atoms with van der Waals surface area (Å²) in [6.07, 6.45) is 3.22. The van der Waals surface area contributed by atoms with E-state index in [1.807, 2.05) is 6.92 Å². The van der Waals surface area contributed by atoms with Crippen LogP contribution in [-0.2, 0) is 9.59 Å². The molecular weight excluding hydrogens is 430 g/mol. The van der Waals surface area contributed by atoms with Crippen molar-refractivity contribution in [1.82, 2.24) is 5.32 Å². The van der Waals surface area contributed by atoms with E-state index < -0.39 is 22.8 Å². The Hall–Kier alpha value is -4.21. The molecule has 1 aliphatic rings. The highest BCUT2D eigenvalue weighted by Crippen LogP contribution is 2.30. The average Bonchev–Trinajstić information content (AvgIpc) is 2.78. The lowest BCUT2D eigenvalue weighted by atomic mass is 10.1. The van der Waals surface area contributed by atoms with E-state index in [1.54, 1.807) is 18.2 Å². The number of anilines is 1. The summed E-state index contributed by atoms with van der Waals surface area (Å²) in [6, 6.07) is 8.93. The summed E-state index contributed by atoms with van der Waals surface area (Å²) >= 11 is 0. The first kappa shape index (κ1) is 23.5. The number of barbiturate groups is 1. The Morgan fingerprint density at radius 2 is 1.76 bits per heavy atom. The van der Waals surface area contributed by atoms with Crippen LogP contribution in [0.5, 0.6) is 11.5 Å². The Balaban J connectivity index is 1.92. The zero-order valence-corrected chi connectivity index (χ0v) is 18.2. The molecule has 1 saturated heterocycles. The largest absolute Gasteiger partial charge is 0.490 e. The smallest absolute Gasteiger partial charge is 0.335 e. The first-order chi connectivity index (χ1) is 15.8. The second kappa shape index (κ2) is 10.4. The van der Waals surface area contributed by atoms with Crippen molar-refractivity contribution < 1.29 is 28.8 Å². The van der Waals surface area contributed by atoms with Crippen molar-refractivity contribution in [1.29, 1.82) is 0 Å². The summed E-state index contributed by atoms with van der Waals surface area (Å²) in [5.74, 6) is -0.673. The van der Waals surface area contributed by atoms with E-state index in [1.165, 1.54) is 30.3 Å². The minimum absolute atomic E-state index is 0.0937. The standard InChI is InChI=1S/C23H23N3O7/c1-3-5-12-33-19-11-6-15(14-20(19)32-4-2)13-18-21(27)24-23(29)25(22(18)28)16-7-9-17(10-8-16)26(30)31/h6-11,13-14H,3-5,12H2,1-2H3,(H,24,27,29). The highest BCUT2D eigenvalue weighted by molar-refractivity contribution is 6.39. The normalized spacial score (nSPS) is 14.9. The van der Waals surface area contributed by atoms with E-state index in [0.717, 1.165) is 17.7 Å². The molecule has 0 unspecified atom stereocenters. The number of ether oxygens (including phenoxy) is 2. The van der Waals surface area contributed by atoms with Crippen LogP contribution in [0, 0.1) is 10.1 Å². The molecule has 0 spiro atoms. The SMILES string of the molecule is CCCCOc1ccc(C=C2C(=O)NC(=O)N(c3ccc([N+](=O)[O-])cc3)C2=O)cc1OCC. The molecule has 4 amide bonds. The Labute approximate surface area is 189 Å². The summed E-state index contributed by atoms with van der Waals surface area (Å²) in [5, 5.41) is 13.0. The lowest BCUT2D eigenvalue weighted by Crippen LogP contribution is -2.54. The number of imide groups is 2. The number of urea groups is 1. The number of benzene rings is 2. The number of rotatable bonds is 9. The van der Waals surface area contributed by atoms with E-state index >= 15 is 0 Å². The van der Waals surface area contributed by atoms with Crippen LogP contribution in [0.15, 0.2) is 48.0 Å². The number of hydrogen-bond donors (Lipinski definition) is 1. The molecule has 0 bridgehead atoms. The average molecular weight is 453 g/mol. The van der Waals surface area contributed by atoms with Crippen molar-refractivity contribution in [3.8, 4) is 11.5 Å². The van der Waals surface area contributed by atoms with Gasteiger partial charge in [0.15, 0.2) is 11.5 Å². The second-order valence-electron chi connectivity index (χ2n) is 7.07. The van der Waals surface area contributed by atoms with Gasteiger partial charge in [-0.1, -0.05) is 19.4 Å². The van der Waals surface area contributed by atoms with E-state index in [0.29, 0.717) is 30.3 Å². The second-order valence-corrected chi connectivity index (χ2v) is 7.07. The minimum Gasteiger partial charge on any atom is -0.490 e. The number of nitro groups is 1. The molecule has 1 aliphatic heterocycles. The summed E-state index contributed by atoms with van der Waals surface area (Å²) < 4.78 is 11.4. The van der Waals surface area contributed by atoms with Gasteiger partial charge in [0, 0.05) is 12.1 Å². The summed E-state index contributed by atoms with van der Waals surface area (Å²) in [6.45, 7) is 4.81. The number of nitrogens with zero attached hydrogens (tertiary/aromatic N) is 2. The monoisotopic (exact) mass is 453 g/mol. The summed E-state index contributed by atoms with van der Waals surface area (Å²) in [4.78, 5) is 48.7. The summed E-state index contributed by atoms with van der Waals surface area (Å²) in [5.41, 5.74) is 0.129. The molecule has 10 nitrogen and oxygen atoms in total. The fourth-order valence-electron chi connectivity index (χ4n) is 3.11. The number of nitro benzene ring substituents is 1. The van der Waals surface area contributed by atoms with Gasteiger partial charge in [0.05, 0.1) is 23.8 Å². The number of amides is 4. The highest BCUT2D eigenvalue weighted by atomic mass is 16.6. The van der Waals surface area contributed by atoms with E-state index in [9.17, 15) is 24.5 Å². The van der Waals surface area contributed by atoms with Crippen LogP contribution >= 0.6 is 0 Å². The first-order valence-corrected chi connectivity index (χ1v) is 10.4. The summed E-state index contributed by atoms with van der Waals surface area (Å²) in [7, 11) is 0. The third kappa shape index (κ3) is 5.35. The molecular formula is C23H23N3O7. The zero-order chi connectivity index (χ0) is 24.0. The quantitative estimate of drug-likeness (QED) is 0.201. The fourth-order valence-corrected chi connectivity index (χ4v) is 3.11. The highest BCUT2D eigenvalue weighted by Gasteiger charge is 2.37. The van der Waals surface area contributed by atoms with Gasteiger partial charge in [-0.2, -0.15) is 0 Å². The topological polar surface area (TPSA) is 128 Å². The zero-order valence-electron chi connectivity index (χ0n) is 18.2. The molecule has 1 N–H and O–H groups in total. The van der Waals surface area contributed by atoms with Crippen molar-refractivity contribution in [3.05, 3.63) is 63.7 Å². The van der Waals surface area contributed by atoms with Crippen molar-refractivity contribution in [3.63, 3.8) is 0 Å². The van der Waals surface area contributed by atoms with Crippen LogP contribution in [0.4, 0.5) is 16.2 Å². The van der Waals surface area contributed by atoms with Crippen molar-refractivity contribution >= 4 is 35.3 Å². The van der Waals surface area contributed by atoms with Crippen LogP contribution in [0.3, 0.4) is 0 Å². The predicted octanol–water partition coefficient (Wildman–Crippen LogP) is 3.84. The molecule has 33 heavy (non-hydrogen) atoms. The maximum atomic E-state index is 13.0. The Kier molecular flexibility index (Phi) is 7.39. The number of carbonyl (C=O) groups is 3. The third-order valence-corrected chi connectivity index (χ3v) is 4.75. The van der Waals surface area contributed by atoms with E-state index in [2.05, 4.69) is 12.2 Å². The molecule has 0 aromatic heterocycles. The maximum absolute atomic E-state index is 13.0. The molecule has 1 fully saturated rings. The molecule has 0 saturated carbocycles. The Morgan fingerprint density at radius 3 is 2.39 bits per heavy atom. The van der Waals surface area contributed by atoms with Gasteiger partial charge in [0.25, 0.3) is 17.5 Å². The van der Waals surface area contributed by atoms with E-state index in [-0.39, 0.29) is 16.9 Å². The Bertz CT molecular complexity index is 1110. The molecule has 10 heteroatoms. The van der Waals surface area contributed by atoms with Gasteiger partial charge in [0.2, 0.25) is 0 Å². The number of non-ortho nitro benzene ring substituents is 1. The van der Waals surface area contributed by atoms with Crippen molar-refractivity contribution in [2.75, 3.05) is 18.1 Å². The molecule has 2 aromatic carbocycles. The molecule has 2 aromatic rings. The number of unbranched alkanes of at least 4 members (excludes halogenated alkanes) is 1. The Morgan fingerprint density at radius 1 is 1.03 bits per heavy atom. The lowest BCUT2D eigenvalue weighted by Gasteiger charge is -2.26. The van der Waals surface area contributed by atoms with Crippen molar-refractivity contribution in [2.24, 2.45) is 0 Å². The van der Waals surface area contributed by atoms with Gasteiger partial charge in [-0.05, 0) is 49.2 Å². The molecule has 172 valence electrons. The van der Waals surface area contributed by atoms with Gasteiger partial charge in [0.1, 0.15) is 5.57 Å². The third-order valence-electron chi connectivity index (χ3n) is 4.75. The number of carbonyl (C=O) groups excluding carboxylic acids is 3.